The van der Waals surface area contributed by atoms with Crippen molar-refractivity contribution in [3.63, 3.8) is 0 Å². The molecule has 15 heteroatoms. The molecule has 0 aliphatic carbocycles. The normalized spacial score (nSPS) is 15.9. The molecule has 0 amide bonds. The molecule has 0 rings (SSSR count). The zero-order chi connectivity index (χ0) is 19.1. The lowest BCUT2D eigenvalue weighted by Gasteiger charge is -2.31. The molecule has 0 radical (unpaired) electrons. The number of halogens is 14. The Balaban J connectivity index is 5.03. The van der Waals surface area contributed by atoms with E-state index in [0.29, 0.717) is 5.32 Å². The van der Waals surface area contributed by atoms with E-state index in [1.54, 1.807) is 0 Å². The summed E-state index contributed by atoms with van der Waals surface area (Å²) in [7, 11) is 0. The molecule has 0 bridgehead atoms. The van der Waals surface area contributed by atoms with Gasteiger partial charge >= 0.3 is 36.0 Å². The first-order chi connectivity index (χ1) is 9.71. The van der Waals surface area contributed by atoms with Crippen molar-refractivity contribution in [1.29, 1.82) is 0 Å². The third-order valence-corrected chi connectivity index (χ3v) is 2.32. The molecule has 0 aliphatic rings. The predicted molar refractivity (Wildman–Crippen MR) is 44.8 cm³/mol. The van der Waals surface area contributed by atoms with Gasteiger partial charge in [0.25, 0.3) is 0 Å². The zero-order valence-electron chi connectivity index (χ0n) is 10.2. The lowest BCUT2D eigenvalue weighted by atomic mass is 10.1. The molecular weight excluding hydrogens is 376 g/mol. The van der Waals surface area contributed by atoms with Gasteiger partial charge < -0.3 is 5.32 Å². The molecule has 0 aromatic carbocycles. The highest BCUT2D eigenvalue weighted by atomic mass is 19.4. The van der Waals surface area contributed by atoms with Crippen molar-refractivity contribution in [2.75, 3.05) is 13.1 Å². The van der Waals surface area contributed by atoms with Crippen LogP contribution < -0.4 is 5.32 Å². The van der Waals surface area contributed by atoms with Crippen LogP contribution in [0.3, 0.4) is 0 Å². The minimum Gasteiger partial charge on any atom is -0.305 e. The third-order valence-electron chi connectivity index (χ3n) is 2.32. The first kappa shape index (κ1) is 22.0. The minimum atomic E-state index is -6.81. The van der Waals surface area contributed by atoms with Crippen LogP contribution in [0.25, 0.3) is 0 Å². The zero-order valence-corrected chi connectivity index (χ0v) is 10.2. The Kier molecular flexibility index (Phi) is 5.55. The van der Waals surface area contributed by atoms with Gasteiger partial charge in [-0.1, -0.05) is 0 Å². The number of hydrogen-bond acceptors (Lipinski definition) is 1. The smallest absolute Gasteiger partial charge is 0.305 e. The highest BCUT2D eigenvalue weighted by Crippen LogP contribution is 2.47. The van der Waals surface area contributed by atoms with Crippen LogP contribution in [0.15, 0.2) is 0 Å². The van der Waals surface area contributed by atoms with Crippen molar-refractivity contribution in [3.8, 4) is 0 Å². The third kappa shape index (κ3) is 4.09. The molecule has 140 valence electrons. The maximum absolute atomic E-state index is 12.6. The SMILES string of the molecule is FC(F)(F)C(F)(F)C(F)(F)CNCC(F)(F)C(F)(F)C(F)(F)F. The Morgan fingerprint density at radius 1 is 0.435 bits per heavy atom. The summed E-state index contributed by atoms with van der Waals surface area (Å²) >= 11 is 0. The van der Waals surface area contributed by atoms with Crippen LogP contribution in [0.5, 0.6) is 0 Å². The van der Waals surface area contributed by atoms with Gasteiger partial charge in [-0.05, 0) is 0 Å². The van der Waals surface area contributed by atoms with E-state index in [0.717, 1.165) is 0 Å². The Bertz CT molecular complexity index is 366. The van der Waals surface area contributed by atoms with Gasteiger partial charge in [0.15, 0.2) is 0 Å². The monoisotopic (exact) mass is 381 g/mol. The first-order valence-electron chi connectivity index (χ1n) is 5.06. The van der Waals surface area contributed by atoms with E-state index in [1.807, 2.05) is 0 Å². The van der Waals surface area contributed by atoms with Crippen molar-refractivity contribution >= 4 is 0 Å². The van der Waals surface area contributed by atoms with Crippen molar-refractivity contribution in [3.05, 3.63) is 0 Å². The molecule has 1 nitrogen and oxygen atoms in total. The standard InChI is InChI=1S/C8H5F14N/c9-3(10,5(13,14)7(17,18)19)1-23-2-4(11,12)6(15,16)8(20,21)22/h23H,1-2H2. The van der Waals surface area contributed by atoms with Gasteiger partial charge in [-0.15, -0.1) is 0 Å². The highest BCUT2D eigenvalue weighted by molar-refractivity contribution is 4.96. The van der Waals surface area contributed by atoms with Crippen LogP contribution >= 0.6 is 0 Å². The molecule has 0 saturated heterocycles. The van der Waals surface area contributed by atoms with E-state index in [-0.39, 0.29) is 0 Å². The molecule has 0 aliphatic heterocycles. The fourth-order valence-corrected chi connectivity index (χ4v) is 1.01. The molecule has 0 aromatic heterocycles. The average Bonchev–Trinajstić information content (AvgIpc) is 2.24. The van der Waals surface area contributed by atoms with Gasteiger partial charge in [0.05, 0.1) is 13.1 Å². The van der Waals surface area contributed by atoms with E-state index >= 15 is 0 Å². The van der Waals surface area contributed by atoms with Gasteiger partial charge in [-0.3, -0.25) is 0 Å². The summed E-state index contributed by atoms with van der Waals surface area (Å²) < 4.78 is 170. The molecule has 0 heterocycles. The summed E-state index contributed by atoms with van der Waals surface area (Å²) in [6.45, 7) is -5.86. The summed E-state index contributed by atoms with van der Waals surface area (Å²) in [5, 5.41) is 0.362. The van der Waals surface area contributed by atoms with Gasteiger partial charge in [-0.25, -0.2) is 0 Å². The molecule has 1 N–H and O–H groups in total. The van der Waals surface area contributed by atoms with E-state index in [4.69, 9.17) is 0 Å². The molecule has 0 saturated carbocycles. The Hall–Kier alpha value is -1.02. The summed E-state index contributed by atoms with van der Waals surface area (Å²) in [4.78, 5) is 0. The van der Waals surface area contributed by atoms with Crippen LogP contribution in [-0.2, 0) is 0 Å². The molecular formula is C8H5F14N. The summed E-state index contributed by atoms with van der Waals surface area (Å²) in [6, 6.07) is 0. The van der Waals surface area contributed by atoms with Crippen molar-refractivity contribution in [2.24, 2.45) is 0 Å². The molecule has 0 fully saturated rings. The lowest BCUT2D eigenvalue weighted by Crippen LogP contribution is -2.60. The Morgan fingerprint density at radius 3 is 0.826 bits per heavy atom. The maximum atomic E-state index is 12.6. The van der Waals surface area contributed by atoms with Gasteiger partial charge in [0.1, 0.15) is 0 Å². The van der Waals surface area contributed by atoms with Crippen molar-refractivity contribution < 1.29 is 61.5 Å². The number of rotatable bonds is 6. The van der Waals surface area contributed by atoms with Crippen LogP contribution in [0.2, 0.25) is 0 Å². The largest absolute Gasteiger partial charge is 0.459 e. The van der Waals surface area contributed by atoms with Crippen molar-refractivity contribution in [1.82, 2.24) is 5.32 Å². The van der Waals surface area contributed by atoms with E-state index in [9.17, 15) is 61.5 Å². The van der Waals surface area contributed by atoms with E-state index < -0.39 is 49.1 Å². The Labute approximate surface area is 117 Å². The summed E-state index contributed by atoms with van der Waals surface area (Å²) in [5.74, 6) is -25.6. The van der Waals surface area contributed by atoms with Gasteiger partial charge in [-0.2, -0.15) is 61.5 Å². The molecule has 23 heavy (non-hydrogen) atoms. The van der Waals surface area contributed by atoms with Gasteiger partial charge in [0, 0.05) is 0 Å². The Morgan fingerprint density at radius 2 is 0.652 bits per heavy atom. The predicted octanol–water partition coefficient (Wildman–Crippen LogP) is 4.24. The second-order valence-electron chi connectivity index (χ2n) is 4.16. The molecule has 0 atom stereocenters. The highest BCUT2D eigenvalue weighted by Gasteiger charge is 2.74. The quantitative estimate of drug-likeness (QED) is 0.679. The fraction of sp³-hybridized carbons (Fsp3) is 1.00. The molecule has 0 unspecified atom stereocenters. The number of alkyl halides is 14. The van der Waals surface area contributed by atoms with Crippen LogP contribution in [0.1, 0.15) is 0 Å². The summed E-state index contributed by atoms with van der Waals surface area (Å²) in [6.07, 6.45) is -13.6. The summed E-state index contributed by atoms with van der Waals surface area (Å²) in [5.41, 5.74) is 0. The van der Waals surface area contributed by atoms with Crippen molar-refractivity contribution in [2.45, 2.75) is 36.0 Å². The first-order valence-corrected chi connectivity index (χ1v) is 5.06. The molecule has 0 spiro atoms. The topological polar surface area (TPSA) is 12.0 Å². The van der Waals surface area contributed by atoms with Crippen LogP contribution in [0.4, 0.5) is 61.5 Å². The number of nitrogens with one attached hydrogen (secondary N) is 1. The van der Waals surface area contributed by atoms with Gasteiger partial charge in [0.2, 0.25) is 0 Å². The molecule has 0 aromatic rings. The maximum Gasteiger partial charge on any atom is 0.459 e. The minimum absolute atomic E-state index is 0.362. The fourth-order valence-electron chi connectivity index (χ4n) is 1.01. The van der Waals surface area contributed by atoms with E-state index in [1.165, 1.54) is 0 Å². The lowest BCUT2D eigenvalue weighted by molar-refractivity contribution is -0.358. The number of hydrogen-bond donors (Lipinski definition) is 1. The second kappa shape index (κ2) is 5.81. The average molecular weight is 381 g/mol. The second-order valence-corrected chi connectivity index (χ2v) is 4.16. The van der Waals surface area contributed by atoms with Crippen LogP contribution in [-0.4, -0.2) is 49.1 Å². The van der Waals surface area contributed by atoms with Crippen LogP contribution in [0, 0.1) is 0 Å². The van der Waals surface area contributed by atoms with E-state index in [2.05, 4.69) is 0 Å².